The summed E-state index contributed by atoms with van der Waals surface area (Å²) in [7, 11) is 0. The van der Waals surface area contributed by atoms with Crippen LogP contribution >= 0.6 is 0 Å². The van der Waals surface area contributed by atoms with Crippen molar-refractivity contribution in [2.45, 2.75) is 41.0 Å². The van der Waals surface area contributed by atoms with Gasteiger partial charge < -0.3 is 5.32 Å². The molecule has 0 saturated carbocycles. The molecule has 0 fully saturated rings. The number of aryl methyl sites for hydroxylation is 3. The lowest BCUT2D eigenvalue weighted by atomic mass is 10.3. The summed E-state index contributed by atoms with van der Waals surface area (Å²) in [6, 6.07) is 0. The summed E-state index contributed by atoms with van der Waals surface area (Å²) in [5.74, 6) is 4.07. The van der Waals surface area contributed by atoms with Gasteiger partial charge in [-0.15, -0.1) is 5.10 Å². The van der Waals surface area contributed by atoms with Crippen LogP contribution in [0.1, 0.15) is 36.9 Å². The maximum Gasteiger partial charge on any atom is 0.164 e. The Bertz CT molecular complexity index is 587. The summed E-state index contributed by atoms with van der Waals surface area (Å²) in [5.41, 5.74) is 0.993. The van der Waals surface area contributed by atoms with E-state index in [1.54, 1.807) is 4.68 Å². The number of rotatable bonds is 4. The molecule has 2 rings (SSSR count). The number of hydrogen-bond donors (Lipinski definition) is 1. The van der Waals surface area contributed by atoms with E-state index >= 15 is 0 Å². The van der Waals surface area contributed by atoms with Crippen LogP contribution in [0.2, 0.25) is 0 Å². The van der Waals surface area contributed by atoms with Gasteiger partial charge >= 0.3 is 0 Å². The molecule has 0 saturated heterocycles. The molecule has 1 N–H and O–H groups in total. The molecule has 0 bridgehead atoms. The smallest absolute Gasteiger partial charge is 0.164 e. The summed E-state index contributed by atoms with van der Waals surface area (Å²) in [4.78, 5) is 13.4. The van der Waals surface area contributed by atoms with Crippen molar-refractivity contribution >= 4 is 5.82 Å². The van der Waals surface area contributed by atoms with Crippen LogP contribution in [-0.2, 0) is 6.42 Å². The van der Waals surface area contributed by atoms with Crippen LogP contribution in [0, 0.1) is 20.8 Å². The lowest BCUT2D eigenvalue weighted by Gasteiger charge is -2.13. The molecule has 0 atom stereocenters. The molecule has 0 aromatic carbocycles. The number of aromatic nitrogens is 5. The Labute approximate surface area is 113 Å². The normalized spacial score (nSPS) is 10.8. The summed E-state index contributed by atoms with van der Waals surface area (Å²) in [6.07, 6.45) is 0.790. The molecule has 102 valence electrons. The Morgan fingerprint density at radius 2 is 1.79 bits per heavy atom. The molecular weight excluding hydrogens is 240 g/mol. The van der Waals surface area contributed by atoms with Gasteiger partial charge in [0.15, 0.2) is 5.82 Å². The summed E-state index contributed by atoms with van der Waals surface area (Å²) < 4.78 is 1.78. The second-order valence-electron chi connectivity index (χ2n) is 4.44. The quantitative estimate of drug-likeness (QED) is 0.910. The fraction of sp³-hybridized carbons (Fsp3) is 0.538. The third kappa shape index (κ3) is 2.57. The van der Waals surface area contributed by atoms with Gasteiger partial charge in [0.25, 0.3) is 0 Å². The molecule has 0 amide bonds. The Kier molecular flexibility index (Phi) is 3.78. The van der Waals surface area contributed by atoms with Crippen LogP contribution < -0.4 is 5.32 Å². The minimum atomic E-state index is 0.749. The topological polar surface area (TPSA) is 68.5 Å². The van der Waals surface area contributed by atoms with E-state index in [9.17, 15) is 0 Å². The monoisotopic (exact) mass is 260 g/mol. The summed E-state index contributed by atoms with van der Waals surface area (Å²) in [6.45, 7) is 10.7. The van der Waals surface area contributed by atoms with E-state index in [1.165, 1.54) is 0 Å². The van der Waals surface area contributed by atoms with Crippen molar-refractivity contribution in [2.75, 3.05) is 11.9 Å². The molecule has 0 aliphatic carbocycles. The van der Waals surface area contributed by atoms with E-state index in [2.05, 4.69) is 32.3 Å². The summed E-state index contributed by atoms with van der Waals surface area (Å²) in [5, 5.41) is 7.68. The first-order chi connectivity index (χ1) is 9.06. The fourth-order valence-electron chi connectivity index (χ4n) is 1.98. The number of nitrogens with one attached hydrogen (secondary N) is 1. The standard InChI is InChI=1S/C13H20N6/c1-6-11-16-12(14-7-2)8(3)13(17-11)19-10(5)15-9(4)18-19/h6-7H2,1-5H3,(H,14,16,17). The van der Waals surface area contributed by atoms with E-state index in [1.807, 2.05) is 27.7 Å². The van der Waals surface area contributed by atoms with Crippen molar-refractivity contribution in [3.8, 4) is 5.82 Å². The van der Waals surface area contributed by atoms with E-state index in [0.29, 0.717) is 0 Å². The van der Waals surface area contributed by atoms with Crippen LogP contribution in [0.4, 0.5) is 5.82 Å². The maximum atomic E-state index is 4.59. The zero-order valence-corrected chi connectivity index (χ0v) is 12.2. The van der Waals surface area contributed by atoms with Crippen molar-refractivity contribution < 1.29 is 0 Å². The molecule has 6 heteroatoms. The summed E-state index contributed by atoms with van der Waals surface area (Å²) >= 11 is 0. The largest absolute Gasteiger partial charge is 0.370 e. The highest BCUT2D eigenvalue weighted by molar-refractivity contribution is 5.51. The highest BCUT2D eigenvalue weighted by Gasteiger charge is 2.14. The van der Waals surface area contributed by atoms with Gasteiger partial charge in [-0.25, -0.2) is 15.0 Å². The second kappa shape index (κ2) is 5.34. The molecule has 0 unspecified atom stereocenters. The van der Waals surface area contributed by atoms with Crippen molar-refractivity contribution in [1.82, 2.24) is 24.7 Å². The Morgan fingerprint density at radius 3 is 2.32 bits per heavy atom. The Hall–Kier alpha value is -1.98. The minimum Gasteiger partial charge on any atom is -0.370 e. The number of anilines is 1. The van der Waals surface area contributed by atoms with E-state index < -0.39 is 0 Å². The van der Waals surface area contributed by atoms with Gasteiger partial charge in [-0.1, -0.05) is 6.92 Å². The third-order valence-corrected chi connectivity index (χ3v) is 2.90. The molecule has 2 heterocycles. The predicted octanol–water partition coefficient (Wildman–Crippen LogP) is 1.98. The zero-order chi connectivity index (χ0) is 14.0. The van der Waals surface area contributed by atoms with Gasteiger partial charge in [0.05, 0.1) is 0 Å². The Balaban J connectivity index is 2.61. The highest BCUT2D eigenvalue weighted by atomic mass is 15.4. The number of hydrogen-bond acceptors (Lipinski definition) is 5. The van der Waals surface area contributed by atoms with Gasteiger partial charge in [0.2, 0.25) is 0 Å². The van der Waals surface area contributed by atoms with Crippen LogP contribution in [0.5, 0.6) is 0 Å². The lowest BCUT2D eigenvalue weighted by Crippen LogP contribution is -2.12. The molecular formula is C13H20N6. The molecule has 19 heavy (non-hydrogen) atoms. The van der Waals surface area contributed by atoms with E-state index in [4.69, 9.17) is 0 Å². The van der Waals surface area contributed by atoms with Crippen molar-refractivity contribution in [1.29, 1.82) is 0 Å². The van der Waals surface area contributed by atoms with Crippen LogP contribution in [0.15, 0.2) is 0 Å². The maximum absolute atomic E-state index is 4.59. The predicted molar refractivity (Wildman–Crippen MR) is 74.7 cm³/mol. The van der Waals surface area contributed by atoms with Gasteiger partial charge in [0.1, 0.15) is 23.3 Å². The minimum absolute atomic E-state index is 0.749. The highest BCUT2D eigenvalue weighted by Crippen LogP contribution is 2.19. The lowest BCUT2D eigenvalue weighted by molar-refractivity contribution is 0.772. The van der Waals surface area contributed by atoms with Gasteiger partial charge in [-0.3, -0.25) is 0 Å². The molecule has 6 nitrogen and oxygen atoms in total. The van der Waals surface area contributed by atoms with Crippen LogP contribution in [0.25, 0.3) is 5.82 Å². The van der Waals surface area contributed by atoms with Gasteiger partial charge in [-0.2, -0.15) is 4.68 Å². The Morgan fingerprint density at radius 1 is 1.05 bits per heavy atom. The van der Waals surface area contributed by atoms with Gasteiger partial charge in [0, 0.05) is 18.5 Å². The molecule has 2 aromatic rings. The second-order valence-corrected chi connectivity index (χ2v) is 4.44. The molecule has 0 aliphatic heterocycles. The van der Waals surface area contributed by atoms with Crippen LogP contribution in [0.3, 0.4) is 0 Å². The van der Waals surface area contributed by atoms with Crippen molar-refractivity contribution in [3.05, 3.63) is 23.0 Å². The van der Waals surface area contributed by atoms with Crippen molar-refractivity contribution in [3.63, 3.8) is 0 Å². The zero-order valence-electron chi connectivity index (χ0n) is 12.2. The SMILES string of the molecule is CCNc1nc(CC)nc(-n2nc(C)nc2C)c1C. The van der Waals surface area contributed by atoms with Gasteiger partial charge in [-0.05, 0) is 27.7 Å². The number of nitrogens with zero attached hydrogens (tertiary/aromatic N) is 5. The fourth-order valence-corrected chi connectivity index (χ4v) is 1.98. The first-order valence-electron chi connectivity index (χ1n) is 6.58. The average molecular weight is 260 g/mol. The third-order valence-electron chi connectivity index (χ3n) is 2.90. The molecule has 2 aromatic heterocycles. The van der Waals surface area contributed by atoms with E-state index in [0.717, 1.165) is 47.6 Å². The molecule has 0 radical (unpaired) electrons. The molecule has 0 aliphatic rings. The molecule has 0 spiro atoms. The van der Waals surface area contributed by atoms with Crippen LogP contribution in [-0.4, -0.2) is 31.3 Å². The first kappa shape index (κ1) is 13.5. The van der Waals surface area contributed by atoms with E-state index in [-0.39, 0.29) is 0 Å². The van der Waals surface area contributed by atoms with Crippen molar-refractivity contribution in [2.24, 2.45) is 0 Å². The average Bonchev–Trinajstić information content (AvgIpc) is 2.71. The first-order valence-corrected chi connectivity index (χ1v) is 6.58.